The number of carbonyl (C=O) groups excluding carboxylic acids is 5. The molecule has 10 unspecified atom stereocenters. The Morgan fingerprint density at radius 1 is 0.796 bits per heavy atom. The molecule has 0 aliphatic carbocycles. The molecule has 0 aromatic heterocycles. The van der Waals surface area contributed by atoms with Gasteiger partial charge in [-0.3, -0.25) is 28.8 Å². The number of carboxylic acid groups (broad SMARTS) is 1. The summed E-state index contributed by atoms with van der Waals surface area (Å²) in [6, 6.07) is -3.35. The first kappa shape index (κ1) is 47.7. The maximum Gasteiger partial charge on any atom is 0.320 e. The minimum absolute atomic E-state index is 0. The second kappa shape index (κ2) is 23.8. The second-order valence-corrected chi connectivity index (χ2v) is 11.5. The van der Waals surface area contributed by atoms with Gasteiger partial charge in [0.05, 0.1) is 12.6 Å². The van der Waals surface area contributed by atoms with E-state index in [1.807, 2.05) is 0 Å². The van der Waals surface area contributed by atoms with Crippen molar-refractivity contribution in [3.05, 3.63) is 0 Å². The number of nitrogens with two attached hydrogens (primary N) is 1. The molecule has 0 aromatic carbocycles. The van der Waals surface area contributed by atoms with Crippen molar-refractivity contribution < 1.29 is 59.0 Å². The van der Waals surface area contributed by atoms with Crippen LogP contribution in [0.25, 0.3) is 0 Å². The Balaban J connectivity index is 0. The highest BCUT2D eigenvalue weighted by molar-refractivity contribution is 5.91. The smallest absolute Gasteiger partial charge is 0.320 e. The molecule has 2 fully saturated rings. The van der Waals surface area contributed by atoms with Crippen molar-refractivity contribution in [2.75, 3.05) is 26.7 Å². The highest BCUT2D eigenvalue weighted by Gasteiger charge is 2.44. The predicted octanol–water partition coefficient (Wildman–Crippen LogP) is -3.90. The lowest BCUT2D eigenvalue weighted by Crippen LogP contribution is -2.64. The van der Waals surface area contributed by atoms with Gasteiger partial charge in [-0.2, -0.15) is 0 Å². The summed E-state index contributed by atoms with van der Waals surface area (Å²) in [5, 5.41) is 58.8. The van der Waals surface area contributed by atoms with E-state index in [1.54, 1.807) is 39.6 Å². The number of nitrogens with one attached hydrogen (secondary N) is 5. The third-order valence-corrected chi connectivity index (χ3v) is 7.38. The van der Waals surface area contributed by atoms with Crippen LogP contribution in [0.4, 0.5) is 0 Å². The van der Waals surface area contributed by atoms with E-state index in [9.17, 15) is 44.1 Å². The SMILES string of the molecule is C.CC(N)C(=O)NC(C)C(=O)N1CCCC1.CCC(=O)NC(C)C(=O)NC(C)C(=O)NC1OC(CO)C(O)C(O)C1O.CNC(C)C(=O)O. The average molecular weight is 710 g/mol. The zero-order valence-corrected chi connectivity index (χ0v) is 28.6. The van der Waals surface area contributed by atoms with Crippen LogP contribution in [-0.2, 0) is 33.5 Å². The number of aliphatic carboxylic acids is 1. The van der Waals surface area contributed by atoms with Gasteiger partial charge in [-0.05, 0) is 54.5 Å². The quantitative estimate of drug-likeness (QED) is 0.0924. The van der Waals surface area contributed by atoms with E-state index in [1.165, 1.54) is 13.8 Å². The molecule has 19 nitrogen and oxygen atoms in total. The number of amides is 5. The molecule has 49 heavy (non-hydrogen) atoms. The molecule has 2 aliphatic rings. The first-order chi connectivity index (χ1) is 22.3. The molecule has 0 bridgehead atoms. The van der Waals surface area contributed by atoms with Crippen LogP contribution in [0.15, 0.2) is 0 Å². The van der Waals surface area contributed by atoms with E-state index in [2.05, 4.69) is 26.6 Å². The number of carbonyl (C=O) groups is 6. The molecule has 2 rings (SSSR count). The molecule has 5 amide bonds. The molecule has 286 valence electrons. The third kappa shape index (κ3) is 16.7. The third-order valence-electron chi connectivity index (χ3n) is 7.38. The fraction of sp³-hybridized carbons (Fsp3) is 0.800. The van der Waals surface area contributed by atoms with Crippen LogP contribution in [0, 0.1) is 0 Å². The first-order valence-corrected chi connectivity index (χ1v) is 15.8. The fourth-order valence-corrected chi connectivity index (χ4v) is 4.04. The maximum atomic E-state index is 12.2. The molecule has 19 heteroatoms. The largest absolute Gasteiger partial charge is 0.480 e. The van der Waals surface area contributed by atoms with Crippen LogP contribution in [-0.4, -0.2) is 154 Å². The molecule has 2 aliphatic heterocycles. The van der Waals surface area contributed by atoms with Gasteiger partial charge in [0.25, 0.3) is 0 Å². The van der Waals surface area contributed by atoms with Crippen LogP contribution in [0.3, 0.4) is 0 Å². The highest BCUT2D eigenvalue weighted by Crippen LogP contribution is 2.19. The van der Waals surface area contributed by atoms with Crippen molar-refractivity contribution in [3.8, 4) is 0 Å². The van der Waals surface area contributed by atoms with E-state index in [4.69, 9.17) is 20.7 Å². The molecule has 12 N–H and O–H groups in total. The zero-order valence-electron chi connectivity index (χ0n) is 28.6. The standard InChI is InChI=1S/C15H27N3O8.C10H19N3O2.C4H9NO2.CH4/c1-4-9(20)16-6(2)13(24)17-7(3)14(25)18-15-12(23)11(22)10(21)8(5-19)26-15;1-7(11)9(14)12-8(2)10(15)13-5-3-4-6-13;1-3(5-2)4(6)7;/h6-8,10-12,15,19,21-23H,4-5H2,1-3H3,(H,16,20)(H,17,24)(H,18,25);7-8H,3-6,11H2,1-2H3,(H,12,14);3,5H,1-2H3,(H,6,7);1H4. The summed E-state index contributed by atoms with van der Waals surface area (Å²) in [5.74, 6) is -2.73. The molecule has 2 saturated heterocycles. The van der Waals surface area contributed by atoms with Crippen LogP contribution >= 0.6 is 0 Å². The Kier molecular flexibility index (Phi) is 23.2. The molecular formula is C30H59N7O12. The number of hydrogen-bond donors (Lipinski definition) is 11. The summed E-state index contributed by atoms with van der Waals surface area (Å²) in [6.07, 6.45) is -5.00. The van der Waals surface area contributed by atoms with Gasteiger partial charge in [0.1, 0.15) is 48.6 Å². The van der Waals surface area contributed by atoms with Crippen LogP contribution in [0.1, 0.15) is 68.2 Å². The summed E-state index contributed by atoms with van der Waals surface area (Å²) < 4.78 is 5.16. The lowest BCUT2D eigenvalue weighted by atomic mass is 9.98. The maximum absolute atomic E-state index is 12.2. The summed E-state index contributed by atoms with van der Waals surface area (Å²) in [6.45, 7) is 10.3. The second-order valence-electron chi connectivity index (χ2n) is 11.5. The van der Waals surface area contributed by atoms with Gasteiger partial charge in [0.2, 0.25) is 29.5 Å². The lowest BCUT2D eigenvalue weighted by Gasteiger charge is -2.40. The number of ether oxygens (including phenoxy) is 1. The predicted molar refractivity (Wildman–Crippen MR) is 177 cm³/mol. The minimum atomic E-state index is -1.62. The van der Waals surface area contributed by atoms with Gasteiger partial charge >= 0.3 is 5.97 Å². The first-order valence-electron chi connectivity index (χ1n) is 15.8. The molecule has 0 radical (unpaired) electrons. The summed E-state index contributed by atoms with van der Waals surface area (Å²) in [7, 11) is 1.61. The van der Waals surface area contributed by atoms with Gasteiger partial charge < -0.3 is 67.5 Å². The molecule has 2 heterocycles. The number of carboxylic acids is 1. The fourth-order valence-electron chi connectivity index (χ4n) is 4.04. The van der Waals surface area contributed by atoms with E-state index in [-0.39, 0.29) is 31.6 Å². The lowest BCUT2D eigenvalue weighted by molar-refractivity contribution is -0.236. The molecular weight excluding hydrogens is 650 g/mol. The van der Waals surface area contributed by atoms with E-state index < -0.39 is 85.2 Å². The van der Waals surface area contributed by atoms with Crippen molar-refractivity contribution in [2.24, 2.45) is 5.73 Å². The van der Waals surface area contributed by atoms with E-state index in [0.717, 1.165) is 25.9 Å². The van der Waals surface area contributed by atoms with Gasteiger partial charge in [-0.25, -0.2) is 0 Å². The Morgan fingerprint density at radius 2 is 1.31 bits per heavy atom. The number of aliphatic hydroxyl groups is 4. The van der Waals surface area contributed by atoms with Gasteiger partial charge in [-0.1, -0.05) is 14.4 Å². The molecule has 0 aromatic rings. The van der Waals surface area contributed by atoms with Gasteiger partial charge in [-0.15, -0.1) is 0 Å². The number of aliphatic hydroxyl groups excluding tert-OH is 4. The number of likely N-dealkylation sites (tertiary alicyclic amines) is 1. The van der Waals surface area contributed by atoms with Crippen LogP contribution in [0.5, 0.6) is 0 Å². The van der Waals surface area contributed by atoms with Crippen molar-refractivity contribution in [2.45, 2.75) is 129 Å². The van der Waals surface area contributed by atoms with Crippen molar-refractivity contribution in [1.82, 2.24) is 31.5 Å². The van der Waals surface area contributed by atoms with E-state index in [0.29, 0.717) is 0 Å². The van der Waals surface area contributed by atoms with Crippen LogP contribution < -0.4 is 32.3 Å². The topological polar surface area (TPSA) is 302 Å². The Labute approximate surface area is 287 Å². The average Bonchev–Trinajstić information content (AvgIpc) is 3.59. The van der Waals surface area contributed by atoms with Crippen LogP contribution in [0.2, 0.25) is 0 Å². The Hall–Kier alpha value is -3.46. The molecule has 0 spiro atoms. The summed E-state index contributed by atoms with van der Waals surface area (Å²) in [4.78, 5) is 70.1. The van der Waals surface area contributed by atoms with Gasteiger partial charge in [0, 0.05) is 19.5 Å². The molecule has 10 atom stereocenters. The Morgan fingerprint density at radius 3 is 1.73 bits per heavy atom. The summed E-state index contributed by atoms with van der Waals surface area (Å²) in [5.41, 5.74) is 5.40. The normalized spacial score (nSPS) is 24.3. The monoisotopic (exact) mass is 709 g/mol. The van der Waals surface area contributed by atoms with Gasteiger partial charge in [0.15, 0.2) is 6.23 Å². The number of hydrogen-bond acceptors (Lipinski definition) is 13. The van der Waals surface area contributed by atoms with Crippen molar-refractivity contribution in [1.29, 1.82) is 0 Å². The van der Waals surface area contributed by atoms with E-state index >= 15 is 0 Å². The number of nitrogens with zero attached hydrogens (tertiary/aromatic N) is 1. The molecule has 0 saturated carbocycles. The van der Waals surface area contributed by atoms with Crippen molar-refractivity contribution >= 4 is 35.5 Å². The summed E-state index contributed by atoms with van der Waals surface area (Å²) >= 11 is 0. The Bertz CT molecular complexity index is 1060. The number of likely N-dealkylation sites (N-methyl/N-ethyl adjacent to an activating group) is 1. The number of rotatable bonds is 12. The van der Waals surface area contributed by atoms with Crippen molar-refractivity contribution in [3.63, 3.8) is 0 Å². The minimum Gasteiger partial charge on any atom is -0.480 e. The zero-order chi connectivity index (χ0) is 37.3. The highest BCUT2D eigenvalue weighted by atomic mass is 16.6.